The van der Waals surface area contributed by atoms with Crippen LogP contribution in [0, 0.1) is 0 Å². The highest BCUT2D eigenvalue weighted by atomic mass is 16.2. The quantitative estimate of drug-likeness (QED) is 0.888. The molecule has 1 N–H and O–H groups in total. The van der Waals surface area contributed by atoms with Gasteiger partial charge in [-0.25, -0.2) is 4.98 Å². The number of piperazine rings is 1. The van der Waals surface area contributed by atoms with E-state index >= 15 is 0 Å². The molecule has 2 rings (SSSR count). The standard InChI is InChI=1S/C13H23N5O/c1-9(2)11-14-12(16-15-11)13(19)18-7-5-17(6-8-18)10(3)4/h9-10H,5-8H2,1-4H3,(H,14,15,16). The number of aromatic nitrogens is 3. The van der Waals surface area contributed by atoms with Crippen LogP contribution in [-0.4, -0.2) is 63.1 Å². The summed E-state index contributed by atoms with van der Waals surface area (Å²) < 4.78 is 0. The maximum atomic E-state index is 12.3. The number of H-pyrrole nitrogens is 1. The molecule has 0 atom stereocenters. The highest BCUT2D eigenvalue weighted by Crippen LogP contribution is 2.11. The van der Waals surface area contributed by atoms with Gasteiger partial charge in [-0.15, -0.1) is 5.10 Å². The first-order chi connectivity index (χ1) is 8.99. The molecule has 1 fully saturated rings. The van der Waals surface area contributed by atoms with Gasteiger partial charge >= 0.3 is 0 Å². The van der Waals surface area contributed by atoms with Gasteiger partial charge in [-0.2, -0.15) is 0 Å². The van der Waals surface area contributed by atoms with Crippen LogP contribution in [0.25, 0.3) is 0 Å². The number of carbonyl (C=O) groups excluding carboxylic acids is 1. The summed E-state index contributed by atoms with van der Waals surface area (Å²) in [4.78, 5) is 20.8. The van der Waals surface area contributed by atoms with Crippen molar-refractivity contribution in [1.82, 2.24) is 25.0 Å². The van der Waals surface area contributed by atoms with Gasteiger partial charge in [0.2, 0.25) is 5.82 Å². The van der Waals surface area contributed by atoms with E-state index < -0.39 is 0 Å². The molecule has 1 saturated heterocycles. The molecule has 0 unspecified atom stereocenters. The van der Waals surface area contributed by atoms with Gasteiger partial charge < -0.3 is 4.90 Å². The van der Waals surface area contributed by atoms with E-state index in [0.29, 0.717) is 11.9 Å². The molecule has 1 amide bonds. The molecule has 0 saturated carbocycles. The monoisotopic (exact) mass is 265 g/mol. The molecule has 0 radical (unpaired) electrons. The summed E-state index contributed by atoms with van der Waals surface area (Å²) in [7, 11) is 0. The van der Waals surface area contributed by atoms with Crippen molar-refractivity contribution in [3.05, 3.63) is 11.6 Å². The van der Waals surface area contributed by atoms with E-state index in [1.165, 1.54) is 0 Å². The number of rotatable bonds is 3. The maximum absolute atomic E-state index is 12.3. The number of hydrogen-bond acceptors (Lipinski definition) is 4. The fourth-order valence-electron chi connectivity index (χ4n) is 2.21. The van der Waals surface area contributed by atoms with Crippen LogP contribution in [0.5, 0.6) is 0 Å². The maximum Gasteiger partial charge on any atom is 0.293 e. The average Bonchev–Trinajstić information content (AvgIpc) is 2.87. The number of amides is 1. The molecule has 1 aromatic heterocycles. The van der Waals surface area contributed by atoms with Gasteiger partial charge in [0.25, 0.3) is 5.91 Å². The van der Waals surface area contributed by atoms with Crippen LogP contribution in [0.1, 0.15) is 50.1 Å². The summed E-state index contributed by atoms with van der Waals surface area (Å²) in [6.07, 6.45) is 0. The van der Waals surface area contributed by atoms with Gasteiger partial charge in [0.15, 0.2) is 0 Å². The number of carbonyl (C=O) groups is 1. The number of aromatic amines is 1. The van der Waals surface area contributed by atoms with Crippen LogP contribution in [0.2, 0.25) is 0 Å². The van der Waals surface area contributed by atoms with Gasteiger partial charge in [0.1, 0.15) is 5.82 Å². The summed E-state index contributed by atoms with van der Waals surface area (Å²) in [6, 6.07) is 0.535. The third-order valence-electron chi connectivity index (χ3n) is 3.57. The number of hydrogen-bond donors (Lipinski definition) is 1. The predicted octanol–water partition coefficient (Wildman–Crippen LogP) is 1.09. The lowest BCUT2D eigenvalue weighted by atomic mass is 10.2. The van der Waals surface area contributed by atoms with Crippen molar-refractivity contribution in [2.75, 3.05) is 26.2 Å². The molecule has 0 aromatic carbocycles. The molecule has 106 valence electrons. The molecule has 2 heterocycles. The van der Waals surface area contributed by atoms with Gasteiger partial charge in [0, 0.05) is 38.1 Å². The molecule has 0 aliphatic carbocycles. The zero-order valence-electron chi connectivity index (χ0n) is 12.2. The van der Waals surface area contributed by atoms with Crippen LogP contribution in [0.15, 0.2) is 0 Å². The highest BCUT2D eigenvalue weighted by molar-refractivity contribution is 5.90. The van der Waals surface area contributed by atoms with Crippen LogP contribution in [0.3, 0.4) is 0 Å². The molecule has 1 aliphatic heterocycles. The topological polar surface area (TPSA) is 65.1 Å². The number of nitrogens with zero attached hydrogens (tertiary/aromatic N) is 4. The van der Waals surface area contributed by atoms with E-state index in [1.807, 2.05) is 18.7 Å². The van der Waals surface area contributed by atoms with Crippen molar-refractivity contribution >= 4 is 5.91 Å². The molecule has 6 heteroatoms. The zero-order valence-corrected chi connectivity index (χ0v) is 12.2. The second kappa shape index (κ2) is 5.69. The molecule has 19 heavy (non-hydrogen) atoms. The first kappa shape index (κ1) is 14.0. The van der Waals surface area contributed by atoms with Crippen LogP contribution >= 0.6 is 0 Å². The molecule has 0 spiro atoms. The Bertz CT molecular complexity index is 432. The second-order valence-electron chi connectivity index (χ2n) is 5.62. The van der Waals surface area contributed by atoms with Crippen molar-refractivity contribution in [2.45, 2.75) is 39.7 Å². The Morgan fingerprint density at radius 2 is 1.79 bits per heavy atom. The predicted molar refractivity (Wildman–Crippen MR) is 73.1 cm³/mol. The highest BCUT2D eigenvalue weighted by Gasteiger charge is 2.25. The summed E-state index contributed by atoms with van der Waals surface area (Å²) in [5.74, 6) is 1.25. The zero-order chi connectivity index (χ0) is 14.0. The number of nitrogens with one attached hydrogen (secondary N) is 1. The average molecular weight is 265 g/mol. The molecule has 1 aliphatic rings. The Kier molecular flexibility index (Phi) is 4.19. The van der Waals surface area contributed by atoms with E-state index in [9.17, 15) is 4.79 Å². The Hall–Kier alpha value is -1.43. The Balaban J connectivity index is 1.97. The SMILES string of the molecule is CC(C)c1nc(C(=O)N2CCN(C(C)C)CC2)n[nH]1. The van der Waals surface area contributed by atoms with Crippen molar-refractivity contribution in [3.8, 4) is 0 Å². The first-order valence-corrected chi connectivity index (χ1v) is 6.94. The van der Waals surface area contributed by atoms with E-state index in [4.69, 9.17) is 0 Å². The van der Waals surface area contributed by atoms with Crippen LogP contribution in [-0.2, 0) is 0 Å². The Labute approximate surface area is 114 Å². The fourth-order valence-corrected chi connectivity index (χ4v) is 2.21. The van der Waals surface area contributed by atoms with Crippen molar-refractivity contribution < 1.29 is 4.79 Å². The summed E-state index contributed by atoms with van der Waals surface area (Å²) in [5, 5.41) is 6.86. The second-order valence-corrected chi connectivity index (χ2v) is 5.62. The van der Waals surface area contributed by atoms with Crippen LogP contribution < -0.4 is 0 Å². The normalized spacial score (nSPS) is 17.5. The summed E-state index contributed by atoms with van der Waals surface area (Å²) in [6.45, 7) is 11.8. The smallest absolute Gasteiger partial charge is 0.293 e. The van der Waals surface area contributed by atoms with Crippen LogP contribution in [0.4, 0.5) is 0 Å². The van der Waals surface area contributed by atoms with Crippen molar-refractivity contribution in [1.29, 1.82) is 0 Å². The lowest BCUT2D eigenvalue weighted by Gasteiger charge is -2.36. The summed E-state index contributed by atoms with van der Waals surface area (Å²) in [5.41, 5.74) is 0. The van der Waals surface area contributed by atoms with Crippen molar-refractivity contribution in [3.63, 3.8) is 0 Å². The van der Waals surface area contributed by atoms with E-state index in [0.717, 1.165) is 32.0 Å². The minimum absolute atomic E-state index is 0.0634. The Morgan fingerprint density at radius 3 is 2.26 bits per heavy atom. The van der Waals surface area contributed by atoms with E-state index in [1.54, 1.807) is 0 Å². The third-order valence-corrected chi connectivity index (χ3v) is 3.57. The lowest BCUT2D eigenvalue weighted by Crippen LogP contribution is -2.50. The fraction of sp³-hybridized carbons (Fsp3) is 0.769. The van der Waals surface area contributed by atoms with E-state index in [-0.39, 0.29) is 11.8 Å². The molecule has 6 nitrogen and oxygen atoms in total. The minimum Gasteiger partial charge on any atom is -0.333 e. The first-order valence-electron chi connectivity index (χ1n) is 6.94. The molecule has 1 aromatic rings. The van der Waals surface area contributed by atoms with Crippen molar-refractivity contribution in [2.24, 2.45) is 0 Å². The third kappa shape index (κ3) is 3.12. The lowest BCUT2D eigenvalue weighted by molar-refractivity contribution is 0.0584. The van der Waals surface area contributed by atoms with Gasteiger partial charge in [0.05, 0.1) is 0 Å². The largest absolute Gasteiger partial charge is 0.333 e. The Morgan fingerprint density at radius 1 is 1.16 bits per heavy atom. The van der Waals surface area contributed by atoms with Gasteiger partial charge in [-0.3, -0.25) is 14.8 Å². The van der Waals surface area contributed by atoms with Gasteiger partial charge in [-0.1, -0.05) is 13.8 Å². The van der Waals surface area contributed by atoms with Gasteiger partial charge in [-0.05, 0) is 13.8 Å². The van der Waals surface area contributed by atoms with E-state index in [2.05, 4.69) is 33.9 Å². The minimum atomic E-state index is -0.0634. The molecular formula is C13H23N5O. The molecular weight excluding hydrogens is 242 g/mol. The molecule has 0 bridgehead atoms. The summed E-state index contributed by atoms with van der Waals surface area (Å²) >= 11 is 0.